The summed E-state index contributed by atoms with van der Waals surface area (Å²) in [5, 5.41) is 0.672. The topological polar surface area (TPSA) is 104 Å². The normalized spacial score (nSPS) is 14.7. The van der Waals surface area contributed by atoms with Gasteiger partial charge in [-0.2, -0.15) is 5.01 Å². The molecular weight excluding hydrogens is 398 g/mol. The van der Waals surface area contributed by atoms with Crippen LogP contribution in [0.1, 0.15) is 51.8 Å². The Morgan fingerprint density at radius 1 is 0.581 bits per heavy atom. The number of carbonyl (C=O) groups excluding carboxylic acids is 5. The predicted molar refractivity (Wildman–Crippen MR) is 108 cm³/mol. The summed E-state index contributed by atoms with van der Waals surface area (Å²) in [7, 11) is 0. The number of imide groups is 2. The van der Waals surface area contributed by atoms with E-state index in [2.05, 4.69) is 5.43 Å². The van der Waals surface area contributed by atoms with Crippen molar-refractivity contribution in [3.05, 3.63) is 101 Å². The molecule has 2 aliphatic heterocycles. The van der Waals surface area contributed by atoms with E-state index in [0.29, 0.717) is 21.8 Å². The van der Waals surface area contributed by atoms with Crippen LogP contribution in [0.4, 0.5) is 5.69 Å². The molecular formula is C23H13N3O5. The van der Waals surface area contributed by atoms with Crippen LogP contribution in [0.25, 0.3) is 0 Å². The molecule has 5 amide bonds. The number of amides is 5. The van der Waals surface area contributed by atoms with Gasteiger partial charge in [0.2, 0.25) is 0 Å². The molecule has 0 unspecified atom stereocenters. The van der Waals surface area contributed by atoms with Gasteiger partial charge in [0.1, 0.15) is 0 Å². The van der Waals surface area contributed by atoms with Crippen LogP contribution in [0.2, 0.25) is 0 Å². The molecule has 0 saturated carbocycles. The van der Waals surface area contributed by atoms with Gasteiger partial charge < -0.3 is 0 Å². The molecule has 0 aromatic heterocycles. The monoisotopic (exact) mass is 411 g/mol. The van der Waals surface area contributed by atoms with E-state index in [0.717, 1.165) is 4.90 Å². The molecule has 0 radical (unpaired) electrons. The number of fused-ring (bicyclic) bond motifs is 2. The minimum atomic E-state index is -0.677. The van der Waals surface area contributed by atoms with E-state index >= 15 is 0 Å². The number of rotatable bonds is 3. The molecule has 8 nitrogen and oxygen atoms in total. The molecule has 0 aliphatic carbocycles. The Labute approximate surface area is 175 Å². The molecule has 8 heteroatoms. The maximum Gasteiger partial charge on any atom is 0.280 e. The lowest BCUT2D eigenvalue weighted by Crippen LogP contribution is -2.45. The summed E-state index contributed by atoms with van der Waals surface area (Å²) in [4.78, 5) is 63.6. The van der Waals surface area contributed by atoms with Gasteiger partial charge in [0.05, 0.1) is 27.9 Å². The summed E-state index contributed by atoms with van der Waals surface area (Å²) >= 11 is 0. The molecule has 150 valence electrons. The zero-order chi connectivity index (χ0) is 21.7. The lowest BCUT2D eigenvalue weighted by molar-refractivity contribution is 0.0518. The number of hydrogen-bond acceptors (Lipinski definition) is 5. The maximum atomic E-state index is 12.6. The van der Waals surface area contributed by atoms with Crippen molar-refractivity contribution in [1.82, 2.24) is 10.4 Å². The van der Waals surface area contributed by atoms with E-state index in [1.807, 2.05) is 0 Å². The number of benzene rings is 3. The van der Waals surface area contributed by atoms with Crippen molar-refractivity contribution in [2.45, 2.75) is 0 Å². The third kappa shape index (κ3) is 2.73. The first-order valence-corrected chi connectivity index (χ1v) is 9.34. The average molecular weight is 411 g/mol. The smallest absolute Gasteiger partial charge is 0.268 e. The Bertz CT molecular complexity index is 1240. The molecule has 0 saturated heterocycles. The van der Waals surface area contributed by atoms with Crippen LogP contribution in [0, 0.1) is 0 Å². The summed E-state index contributed by atoms with van der Waals surface area (Å²) < 4.78 is 0. The van der Waals surface area contributed by atoms with Crippen molar-refractivity contribution in [3.8, 4) is 0 Å². The van der Waals surface area contributed by atoms with E-state index in [9.17, 15) is 24.0 Å². The average Bonchev–Trinajstić information content (AvgIpc) is 3.20. The Balaban J connectivity index is 1.35. The highest BCUT2D eigenvalue weighted by atomic mass is 16.2. The maximum absolute atomic E-state index is 12.6. The number of carbonyl (C=O) groups is 5. The highest BCUT2D eigenvalue weighted by Crippen LogP contribution is 2.28. The second kappa shape index (κ2) is 6.74. The van der Waals surface area contributed by atoms with Gasteiger partial charge in [0.25, 0.3) is 29.5 Å². The van der Waals surface area contributed by atoms with E-state index in [4.69, 9.17) is 0 Å². The molecule has 5 rings (SSSR count). The van der Waals surface area contributed by atoms with Gasteiger partial charge in [0, 0.05) is 5.56 Å². The first kappa shape index (κ1) is 18.4. The zero-order valence-corrected chi connectivity index (χ0v) is 15.9. The van der Waals surface area contributed by atoms with Crippen LogP contribution in [-0.2, 0) is 0 Å². The van der Waals surface area contributed by atoms with Crippen molar-refractivity contribution >= 4 is 35.2 Å². The number of nitrogens with zero attached hydrogens (tertiary/aromatic N) is 2. The van der Waals surface area contributed by atoms with Crippen molar-refractivity contribution in [2.75, 3.05) is 4.90 Å². The van der Waals surface area contributed by atoms with Gasteiger partial charge >= 0.3 is 0 Å². The van der Waals surface area contributed by atoms with E-state index in [1.54, 1.807) is 36.4 Å². The minimum absolute atomic E-state index is 0.150. The molecule has 0 atom stereocenters. The van der Waals surface area contributed by atoms with E-state index < -0.39 is 29.5 Å². The number of anilines is 1. The van der Waals surface area contributed by atoms with E-state index in [-0.39, 0.29) is 16.7 Å². The van der Waals surface area contributed by atoms with Crippen molar-refractivity contribution in [2.24, 2.45) is 0 Å². The lowest BCUT2D eigenvalue weighted by atomic mass is 10.1. The Kier molecular flexibility index (Phi) is 4.01. The van der Waals surface area contributed by atoms with Gasteiger partial charge in [-0.3, -0.25) is 29.4 Å². The molecule has 2 aliphatic rings. The SMILES string of the molecule is O=C(NN1C(=O)c2ccccc2C1=O)c1ccc(N2C(=O)c3ccccc3C2=O)cc1. The number of hydrazine groups is 1. The Morgan fingerprint density at radius 2 is 1.00 bits per heavy atom. The van der Waals surface area contributed by atoms with Crippen LogP contribution in [-0.4, -0.2) is 34.5 Å². The van der Waals surface area contributed by atoms with E-state index in [1.165, 1.54) is 36.4 Å². The fourth-order valence-electron chi connectivity index (χ4n) is 3.64. The second-order valence-electron chi connectivity index (χ2n) is 6.97. The molecule has 3 aromatic rings. The fraction of sp³-hybridized carbons (Fsp3) is 0. The van der Waals surface area contributed by atoms with Gasteiger partial charge in [-0.1, -0.05) is 24.3 Å². The predicted octanol–water partition coefficient (Wildman–Crippen LogP) is 2.43. The Morgan fingerprint density at radius 3 is 1.45 bits per heavy atom. The number of hydrogen-bond donors (Lipinski definition) is 1. The van der Waals surface area contributed by atoms with Gasteiger partial charge in [-0.05, 0) is 48.5 Å². The molecule has 0 fully saturated rings. The van der Waals surface area contributed by atoms with Crippen LogP contribution in [0.5, 0.6) is 0 Å². The number of nitrogens with one attached hydrogen (secondary N) is 1. The van der Waals surface area contributed by atoms with Crippen LogP contribution >= 0.6 is 0 Å². The van der Waals surface area contributed by atoms with Gasteiger partial charge in [-0.15, -0.1) is 0 Å². The second-order valence-corrected chi connectivity index (χ2v) is 6.97. The summed E-state index contributed by atoms with van der Waals surface area (Å²) in [6.07, 6.45) is 0. The van der Waals surface area contributed by atoms with Gasteiger partial charge in [0.15, 0.2) is 0 Å². The summed E-state index contributed by atoms with van der Waals surface area (Å²) in [5.41, 5.74) is 3.84. The van der Waals surface area contributed by atoms with Crippen LogP contribution in [0.3, 0.4) is 0 Å². The molecule has 0 bridgehead atoms. The van der Waals surface area contributed by atoms with Crippen molar-refractivity contribution in [1.29, 1.82) is 0 Å². The quantitative estimate of drug-likeness (QED) is 0.667. The largest absolute Gasteiger partial charge is 0.280 e. The lowest BCUT2D eigenvalue weighted by Gasteiger charge is -2.16. The van der Waals surface area contributed by atoms with Gasteiger partial charge in [-0.25, -0.2) is 4.90 Å². The van der Waals surface area contributed by atoms with Crippen molar-refractivity contribution < 1.29 is 24.0 Å². The summed E-state index contributed by atoms with van der Waals surface area (Å²) in [5.74, 6) is -2.79. The summed E-state index contributed by atoms with van der Waals surface area (Å²) in [6, 6.07) is 18.5. The highest BCUT2D eigenvalue weighted by Gasteiger charge is 2.38. The highest BCUT2D eigenvalue weighted by molar-refractivity contribution is 6.34. The zero-order valence-electron chi connectivity index (χ0n) is 15.9. The Hall–Kier alpha value is -4.59. The third-order valence-corrected chi connectivity index (χ3v) is 5.19. The first-order valence-electron chi connectivity index (χ1n) is 9.34. The molecule has 3 aromatic carbocycles. The first-order chi connectivity index (χ1) is 15.0. The molecule has 2 heterocycles. The van der Waals surface area contributed by atoms with Crippen LogP contribution in [0.15, 0.2) is 72.8 Å². The minimum Gasteiger partial charge on any atom is -0.268 e. The molecule has 0 spiro atoms. The fourth-order valence-corrected chi connectivity index (χ4v) is 3.64. The summed E-state index contributed by atoms with van der Waals surface area (Å²) in [6.45, 7) is 0. The van der Waals surface area contributed by atoms with Crippen LogP contribution < -0.4 is 10.3 Å². The standard InChI is InChI=1S/C23H13N3O5/c27-19(24-26-22(30)17-7-3-4-8-18(17)23(26)31)13-9-11-14(12-10-13)25-20(28)15-5-1-2-6-16(15)21(25)29/h1-12H,(H,24,27). The van der Waals surface area contributed by atoms with Crippen molar-refractivity contribution in [3.63, 3.8) is 0 Å². The molecule has 31 heavy (non-hydrogen) atoms. The third-order valence-electron chi connectivity index (χ3n) is 5.19. The molecule has 1 N–H and O–H groups in total.